The molecule has 0 aromatic heterocycles. The van der Waals surface area contributed by atoms with Crippen molar-refractivity contribution in [2.45, 2.75) is 12.6 Å². The number of nitrogens with one attached hydrogen (secondary N) is 2. The summed E-state index contributed by atoms with van der Waals surface area (Å²) < 4.78 is 38.6. The molecular weight excluding hydrogens is 283 g/mol. The predicted molar refractivity (Wildman–Crippen MR) is 59.8 cm³/mol. The van der Waals surface area contributed by atoms with E-state index < -0.39 is 49.0 Å². The van der Waals surface area contributed by atoms with Crippen LogP contribution in [-0.4, -0.2) is 60.8 Å². The zero-order chi connectivity index (χ0) is 15.6. The van der Waals surface area contributed by atoms with Crippen LogP contribution in [0.15, 0.2) is 0 Å². The van der Waals surface area contributed by atoms with Crippen LogP contribution in [0.2, 0.25) is 0 Å². The lowest BCUT2D eigenvalue weighted by molar-refractivity contribution is -0.227. The third kappa shape index (κ3) is 3.18. The molecular formula is C10H14F3N3O4. The number of aliphatic carboxylic acids is 1. The number of carboxylic acid groups (broad SMARTS) is 1. The number of alkyl halides is 3. The second kappa shape index (κ2) is 5.65. The van der Waals surface area contributed by atoms with Crippen LogP contribution in [0.5, 0.6) is 0 Å². The number of halogens is 3. The normalized spacial score (nSPS) is 23.4. The Labute approximate surface area is 112 Å². The summed E-state index contributed by atoms with van der Waals surface area (Å²) in [7, 11) is 1.28. The second-order valence-corrected chi connectivity index (χ2v) is 4.47. The van der Waals surface area contributed by atoms with E-state index in [9.17, 15) is 27.6 Å². The first-order valence-corrected chi connectivity index (χ1v) is 5.66. The van der Waals surface area contributed by atoms with Crippen LogP contribution in [-0.2, 0) is 9.59 Å². The largest absolute Gasteiger partial charge is 0.481 e. The molecule has 7 nitrogen and oxygen atoms in total. The standard InChI is InChI=1S/C10H14F3N3O4/c1-14-8(20)15-6(17)4-16-3-2-9(5-16,7(18)19)10(11,12)13/h2-5H2,1H3,(H,18,19)(H2,14,15,17,20). The molecule has 10 heteroatoms. The average molecular weight is 297 g/mol. The Kier molecular flexibility index (Phi) is 4.58. The Morgan fingerprint density at radius 1 is 1.35 bits per heavy atom. The van der Waals surface area contributed by atoms with Gasteiger partial charge in [-0.1, -0.05) is 0 Å². The number of carboxylic acids is 1. The van der Waals surface area contributed by atoms with Gasteiger partial charge in [0, 0.05) is 20.1 Å². The minimum absolute atomic E-state index is 0.188. The summed E-state index contributed by atoms with van der Waals surface area (Å²) in [6.07, 6.45) is -5.52. The molecule has 1 rings (SSSR count). The third-order valence-electron chi connectivity index (χ3n) is 3.15. The fourth-order valence-corrected chi connectivity index (χ4v) is 1.98. The average Bonchev–Trinajstić information content (AvgIpc) is 2.73. The highest BCUT2D eigenvalue weighted by molar-refractivity contribution is 5.95. The first-order valence-electron chi connectivity index (χ1n) is 5.66. The molecule has 114 valence electrons. The van der Waals surface area contributed by atoms with Crippen LogP contribution < -0.4 is 10.6 Å². The summed E-state index contributed by atoms with van der Waals surface area (Å²) >= 11 is 0. The molecule has 1 saturated heterocycles. The summed E-state index contributed by atoms with van der Waals surface area (Å²) in [6, 6.07) is -0.783. The molecule has 3 amide bonds. The molecule has 1 heterocycles. The summed E-state index contributed by atoms with van der Waals surface area (Å²) in [4.78, 5) is 34.2. The second-order valence-electron chi connectivity index (χ2n) is 4.47. The summed E-state index contributed by atoms with van der Waals surface area (Å²) in [6.45, 7) is -1.47. The van der Waals surface area contributed by atoms with Gasteiger partial charge in [-0.2, -0.15) is 13.2 Å². The Morgan fingerprint density at radius 2 is 1.95 bits per heavy atom. The van der Waals surface area contributed by atoms with Crippen molar-refractivity contribution in [2.24, 2.45) is 5.41 Å². The van der Waals surface area contributed by atoms with Crippen molar-refractivity contribution >= 4 is 17.9 Å². The Morgan fingerprint density at radius 3 is 2.35 bits per heavy atom. The van der Waals surface area contributed by atoms with Crippen LogP contribution >= 0.6 is 0 Å². The molecule has 1 fully saturated rings. The molecule has 1 unspecified atom stereocenters. The fourth-order valence-electron chi connectivity index (χ4n) is 1.98. The first kappa shape index (κ1) is 16.2. The summed E-state index contributed by atoms with van der Waals surface area (Å²) in [5.74, 6) is -2.76. The van der Waals surface area contributed by atoms with Gasteiger partial charge in [0.05, 0.1) is 6.54 Å². The monoisotopic (exact) mass is 297 g/mol. The van der Waals surface area contributed by atoms with Gasteiger partial charge in [-0.15, -0.1) is 0 Å². The number of carbonyl (C=O) groups excluding carboxylic acids is 2. The van der Waals surface area contributed by atoms with Gasteiger partial charge in [0.1, 0.15) is 0 Å². The number of carbonyl (C=O) groups is 3. The van der Waals surface area contributed by atoms with Crippen molar-refractivity contribution in [1.29, 1.82) is 0 Å². The number of imide groups is 1. The van der Waals surface area contributed by atoms with Crippen molar-refractivity contribution < 1.29 is 32.7 Å². The lowest BCUT2D eigenvalue weighted by Gasteiger charge is -2.27. The van der Waals surface area contributed by atoms with E-state index in [1.165, 1.54) is 7.05 Å². The summed E-state index contributed by atoms with van der Waals surface area (Å²) in [5, 5.41) is 12.8. The van der Waals surface area contributed by atoms with Crippen LogP contribution in [0.3, 0.4) is 0 Å². The van der Waals surface area contributed by atoms with E-state index in [-0.39, 0.29) is 6.54 Å². The zero-order valence-electron chi connectivity index (χ0n) is 10.6. The van der Waals surface area contributed by atoms with Crippen LogP contribution in [0.25, 0.3) is 0 Å². The van der Waals surface area contributed by atoms with Gasteiger partial charge in [0.2, 0.25) is 5.91 Å². The van der Waals surface area contributed by atoms with Crippen molar-refractivity contribution in [3.8, 4) is 0 Å². The van der Waals surface area contributed by atoms with Crippen molar-refractivity contribution in [1.82, 2.24) is 15.5 Å². The van der Waals surface area contributed by atoms with E-state index in [0.29, 0.717) is 0 Å². The van der Waals surface area contributed by atoms with Gasteiger partial charge in [-0.3, -0.25) is 19.8 Å². The SMILES string of the molecule is CNC(=O)NC(=O)CN1CCC(C(=O)O)(C(F)(F)F)C1. The topological polar surface area (TPSA) is 98.7 Å². The number of hydrogen-bond donors (Lipinski definition) is 3. The van der Waals surface area contributed by atoms with Crippen LogP contribution in [0.1, 0.15) is 6.42 Å². The molecule has 0 aromatic rings. The molecule has 3 N–H and O–H groups in total. The van der Waals surface area contributed by atoms with Gasteiger partial charge in [0.15, 0.2) is 5.41 Å². The fraction of sp³-hybridized carbons (Fsp3) is 0.700. The maximum absolute atomic E-state index is 12.9. The van der Waals surface area contributed by atoms with Crippen LogP contribution in [0, 0.1) is 5.41 Å². The quantitative estimate of drug-likeness (QED) is 0.669. The van der Waals surface area contributed by atoms with Gasteiger partial charge in [-0.25, -0.2) is 4.79 Å². The molecule has 1 aliphatic rings. The number of hydrogen-bond acceptors (Lipinski definition) is 4. The lowest BCUT2D eigenvalue weighted by atomic mass is 9.86. The third-order valence-corrected chi connectivity index (χ3v) is 3.15. The predicted octanol–water partition coefficient (Wildman–Crippen LogP) is -0.219. The molecule has 1 atom stereocenters. The van der Waals surface area contributed by atoms with E-state index in [4.69, 9.17) is 5.11 Å². The Hall–Kier alpha value is -1.84. The molecule has 0 aliphatic carbocycles. The van der Waals surface area contributed by atoms with Gasteiger partial charge < -0.3 is 10.4 Å². The number of rotatable bonds is 3. The van der Waals surface area contributed by atoms with Crippen molar-refractivity contribution in [3.63, 3.8) is 0 Å². The minimum Gasteiger partial charge on any atom is -0.481 e. The first-order chi connectivity index (χ1) is 9.12. The van der Waals surface area contributed by atoms with Crippen molar-refractivity contribution in [2.75, 3.05) is 26.7 Å². The number of likely N-dealkylation sites (tertiary alicyclic amines) is 1. The number of nitrogens with zero attached hydrogens (tertiary/aromatic N) is 1. The Bertz CT molecular complexity index is 426. The van der Waals surface area contributed by atoms with E-state index in [1.54, 1.807) is 0 Å². The number of amides is 3. The summed E-state index contributed by atoms with van der Waals surface area (Å²) in [5.41, 5.74) is -2.86. The molecule has 1 aliphatic heterocycles. The van der Waals surface area contributed by atoms with Gasteiger partial charge in [0.25, 0.3) is 0 Å². The maximum Gasteiger partial charge on any atom is 0.406 e. The minimum atomic E-state index is -4.90. The molecule has 0 spiro atoms. The van der Waals surface area contributed by atoms with E-state index >= 15 is 0 Å². The molecule has 0 saturated carbocycles. The molecule has 0 bridgehead atoms. The maximum atomic E-state index is 12.9. The van der Waals surface area contributed by atoms with Gasteiger partial charge in [-0.05, 0) is 6.42 Å². The Balaban J connectivity index is 2.69. The molecule has 0 aromatic carbocycles. The van der Waals surface area contributed by atoms with Crippen LogP contribution in [0.4, 0.5) is 18.0 Å². The molecule has 20 heavy (non-hydrogen) atoms. The van der Waals surface area contributed by atoms with E-state index in [1.807, 2.05) is 5.32 Å². The van der Waals surface area contributed by atoms with E-state index in [0.717, 1.165) is 4.90 Å². The highest BCUT2D eigenvalue weighted by atomic mass is 19.4. The molecule has 0 radical (unpaired) electrons. The zero-order valence-corrected chi connectivity index (χ0v) is 10.6. The van der Waals surface area contributed by atoms with E-state index in [2.05, 4.69) is 5.32 Å². The smallest absolute Gasteiger partial charge is 0.406 e. The lowest BCUT2D eigenvalue weighted by Crippen LogP contribution is -2.48. The number of urea groups is 1. The highest BCUT2D eigenvalue weighted by Crippen LogP contribution is 2.45. The highest BCUT2D eigenvalue weighted by Gasteiger charge is 2.63. The van der Waals surface area contributed by atoms with Crippen molar-refractivity contribution in [3.05, 3.63) is 0 Å². The van der Waals surface area contributed by atoms with Gasteiger partial charge >= 0.3 is 18.2 Å².